The lowest BCUT2D eigenvalue weighted by molar-refractivity contribution is -0.117. The van der Waals surface area contributed by atoms with Crippen LogP contribution in [0.3, 0.4) is 0 Å². The van der Waals surface area contributed by atoms with Crippen LogP contribution in [0.4, 0.5) is 0 Å². The second-order valence-electron chi connectivity index (χ2n) is 6.46. The second kappa shape index (κ2) is 7.19. The van der Waals surface area contributed by atoms with Crippen molar-refractivity contribution in [1.82, 2.24) is 0 Å². The number of rotatable bonds is 4. The molecule has 0 amide bonds. The highest BCUT2D eigenvalue weighted by atomic mass is 35.5. The molecule has 24 heavy (non-hydrogen) atoms. The molecule has 1 atom stereocenters. The second-order valence-corrected chi connectivity index (χ2v) is 6.81. The van der Waals surface area contributed by atoms with Crippen LogP contribution in [0.2, 0.25) is 0 Å². The molecular weight excluding hydrogens is 316 g/mol. The minimum absolute atomic E-state index is 0.249. The van der Waals surface area contributed by atoms with Crippen LogP contribution >= 0.6 is 11.6 Å². The molecule has 1 saturated carbocycles. The largest absolute Gasteiger partial charge is 0.280 e. The molecule has 1 aliphatic carbocycles. The van der Waals surface area contributed by atoms with Crippen LogP contribution in [0.15, 0.2) is 78.4 Å². The smallest absolute Gasteiger partial charge is 0.231 e. The summed E-state index contributed by atoms with van der Waals surface area (Å²) in [6.45, 7) is 1.96. The Hall–Kier alpha value is -2.12. The molecule has 2 aromatic carbocycles. The Kier molecular flexibility index (Phi) is 5.01. The summed E-state index contributed by atoms with van der Waals surface area (Å²) in [7, 11) is 0. The predicted octanol–water partition coefficient (Wildman–Crippen LogP) is 6.00. The van der Waals surface area contributed by atoms with E-state index in [2.05, 4.69) is 36.4 Å². The summed E-state index contributed by atoms with van der Waals surface area (Å²) in [4.78, 5) is 11.9. The van der Waals surface area contributed by atoms with Crippen molar-refractivity contribution >= 4 is 22.4 Å². The minimum atomic E-state index is -0.517. The normalized spacial score (nSPS) is 21.7. The Labute approximate surface area is 148 Å². The summed E-state index contributed by atoms with van der Waals surface area (Å²) in [6.07, 6.45) is 7.01. The van der Waals surface area contributed by atoms with E-state index in [9.17, 15) is 4.79 Å². The van der Waals surface area contributed by atoms with Crippen molar-refractivity contribution in [1.29, 1.82) is 0 Å². The van der Waals surface area contributed by atoms with Crippen LogP contribution in [0, 0.1) is 5.41 Å². The van der Waals surface area contributed by atoms with E-state index in [1.165, 1.54) is 0 Å². The van der Waals surface area contributed by atoms with Crippen LogP contribution in [0.25, 0.3) is 5.57 Å². The maximum absolute atomic E-state index is 11.9. The zero-order valence-corrected chi connectivity index (χ0v) is 14.6. The highest BCUT2D eigenvalue weighted by Crippen LogP contribution is 2.44. The van der Waals surface area contributed by atoms with Gasteiger partial charge in [-0.05, 0) is 54.5 Å². The van der Waals surface area contributed by atoms with Gasteiger partial charge >= 0.3 is 0 Å². The lowest BCUT2D eigenvalue weighted by atomic mass is 9.85. The van der Waals surface area contributed by atoms with Crippen LogP contribution in [-0.2, 0) is 4.79 Å². The number of allylic oxidation sites excluding steroid dienone is 3. The molecule has 1 aliphatic rings. The van der Waals surface area contributed by atoms with Crippen molar-refractivity contribution in [2.75, 3.05) is 0 Å². The van der Waals surface area contributed by atoms with E-state index in [0.717, 1.165) is 41.5 Å². The molecule has 0 saturated heterocycles. The zero-order chi connectivity index (χ0) is 17.0. The average molecular weight is 337 g/mol. The van der Waals surface area contributed by atoms with E-state index < -0.39 is 5.41 Å². The van der Waals surface area contributed by atoms with Gasteiger partial charge in [0.2, 0.25) is 5.24 Å². The third kappa shape index (κ3) is 3.37. The van der Waals surface area contributed by atoms with Gasteiger partial charge in [0.15, 0.2) is 0 Å². The maximum atomic E-state index is 11.9. The van der Waals surface area contributed by atoms with Gasteiger partial charge in [0.1, 0.15) is 0 Å². The van der Waals surface area contributed by atoms with E-state index >= 15 is 0 Å². The third-order valence-corrected chi connectivity index (χ3v) is 5.30. The molecule has 1 nitrogen and oxygen atoms in total. The molecule has 0 bridgehead atoms. The molecule has 0 aromatic heterocycles. The fraction of sp³-hybridized carbons (Fsp3) is 0.227. The number of carbonyl (C=O) groups excluding carboxylic acids is 1. The molecule has 0 spiro atoms. The van der Waals surface area contributed by atoms with Crippen LogP contribution in [-0.4, -0.2) is 5.24 Å². The lowest BCUT2D eigenvalue weighted by Crippen LogP contribution is -2.21. The molecule has 1 unspecified atom stereocenters. The monoisotopic (exact) mass is 336 g/mol. The first-order valence-corrected chi connectivity index (χ1v) is 8.71. The van der Waals surface area contributed by atoms with Gasteiger partial charge in [0, 0.05) is 0 Å². The summed E-state index contributed by atoms with van der Waals surface area (Å²) < 4.78 is 0. The Morgan fingerprint density at radius 1 is 1.00 bits per heavy atom. The minimum Gasteiger partial charge on any atom is -0.280 e. The van der Waals surface area contributed by atoms with Crippen LogP contribution < -0.4 is 0 Å². The van der Waals surface area contributed by atoms with Crippen molar-refractivity contribution in [2.45, 2.75) is 26.2 Å². The molecule has 0 N–H and O–H groups in total. The molecule has 3 rings (SSSR count). The van der Waals surface area contributed by atoms with Gasteiger partial charge in [0.05, 0.1) is 5.41 Å². The standard InChI is InChI=1S/C22H21ClO/c1-22(21(23)24)16-8-13-19(22)14-15-20(17-9-4-2-5-10-17)18-11-6-3-7-12-18/h2-7,9-12,14-15H,8,13,16H2,1H3/b19-14+. The van der Waals surface area contributed by atoms with E-state index in [1.54, 1.807) is 0 Å². The van der Waals surface area contributed by atoms with E-state index in [0.29, 0.717) is 0 Å². The molecule has 0 aliphatic heterocycles. The Balaban J connectivity index is 2.05. The van der Waals surface area contributed by atoms with Gasteiger partial charge < -0.3 is 0 Å². The summed E-state index contributed by atoms with van der Waals surface area (Å²) in [6, 6.07) is 20.6. The van der Waals surface area contributed by atoms with Gasteiger partial charge in [-0.1, -0.05) is 78.4 Å². The summed E-state index contributed by atoms with van der Waals surface area (Å²) in [5.41, 5.74) is 4.10. The highest BCUT2D eigenvalue weighted by Gasteiger charge is 2.39. The average Bonchev–Trinajstić information content (AvgIpc) is 2.99. The molecular formula is C22H21ClO. The third-order valence-electron chi connectivity index (χ3n) is 4.89. The van der Waals surface area contributed by atoms with E-state index in [-0.39, 0.29) is 5.24 Å². The summed E-state index contributed by atoms with van der Waals surface area (Å²) in [5.74, 6) is 0. The first-order valence-electron chi connectivity index (χ1n) is 8.33. The number of hydrogen-bond donors (Lipinski definition) is 0. The fourth-order valence-electron chi connectivity index (χ4n) is 3.34. The van der Waals surface area contributed by atoms with Crippen LogP contribution in [0.1, 0.15) is 37.3 Å². The summed E-state index contributed by atoms with van der Waals surface area (Å²) >= 11 is 5.87. The quantitative estimate of drug-likeness (QED) is 0.626. The molecule has 1 fully saturated rings. The van der Waals surface area contributed by atoms with Gasteiger partial charge in [-0.3, -0.25) is 4.79 Å². The Morgan fingerprint density at radius 2 is 1.54 bits per heavy atom. The summed E-state index contributed by atoms with van der Waals surface area (Å²) in [5, 5.41) is -0.249. The van der Waals surface area contributed by atoms with Crippen molar-refractivity contribution in [2.24, 2.45) is 5.41 Å². The van der Waals surface area contributed by atoms with Crippen molar-refractivity contribution in [3.63, 3.8) is 0 Å². The number of carbonyl (C=O) groups is 1. The van der Waals surface area contributed by atoms with Gasteiger partial charge in [-0.15, -0.1) is 0 Å². The Bertz CT molecular complexity index is 733. The van der Waals surface area contributed by atoms with Gasteiger partial charge in [0.25, 0.3) is 0 Å². The fourth-order valence-corrected chi connectivity index (χ4v) is 3.55. The van der Waals surface area contributed by atoms with Crippen LogP contribution in [0.5, 0.6) is 0 Å². The van der Waals surface area contributed by atoms with E-state index in [4.69, 9.17) is 11.6 Å². The van der Waals surface area contributed by atoms with Crippen molar-refractivity contribution < 1.29 is 4.79 Å². The Morgan fingerprint density at radius 3 is 2.04 bits per heavy atom. The van der Waals surface area contributed by atoms with E-state index in [1.807, 2.05) is 43.3 Å². The lowest BCUT2D eigenvalue weighted by Gasteiger charge is -2.20. The first-order chi connectivity index (χ1) is 11.6. The topological polar surface area (TPSA) is 17.1 Å². The van der Waals surface area contributed by atoms with Crippen molar-refractivity contribution in [3.8, 4) is 0 Å². The van der Waals surface area contributed by atoms with Gasteiger partial charge in [-0.25, -0.2) is 0 Å². The molecule has 0 radical (unpaired) electrons. The first kappa shape index (κ1) is 16.7. The zero-order valence-electron chi connectivity index (χ0n) is 13.8. The predicted molar refractivity (Wildman–Crippen MR) is 101 cm³/mol. The number of benzene rings is 2. The molecule has 0 heterocycles. The maximum Gasteiger partial charge on any atom is 0.231 e. The number of halogens is 1. The molecule has 2 aromatic rings. The van der Waals surface area contributed by atoms with Crippen molar-refractivity contribution in [3.05, 3.63) is 89.5 Å². The van der Waals surface area contributed by atoms with Gasteiger partial charge in [-0.2, -0.15) is 0 Å². The molecule has 122 valence electrons. The number of hydrogen-bond acceptors (Lipinski definition) is 1. The SMILES string of the molecule is CC1(C(=O)Cl)CCC/C1=C\C=C(c1ccccc1)c1ccccc1. The molecule has 2 heteroatoms. The highest BCUT2D eigenvalue weighted by molar-refractivity contribution is 6.65.